The van der Waals surface area contributed by atoms with Crippen molar-refractivity contribution in [3.63, 3.8) is 0 Å². The highest BCUT2D eigenvalue weighted by atomic mass is 15.2. The Morgan fingerprint density at radius 3 is 1.72 bits per heavy atom. The van der Waals surface area contributed by atoms with Gasteiger partial charge in [0.25, 0.3) is 0 Å². The van der Waals surface area contributed by atoms with E-state index in [1.54, 1.807) is 0 Å². The van der Waals surface area contributed by atoms with E-state index in [9.17, 15) is 0 Å². The number of rotatable bonds is 3. The molecule has 0 heterocycles. The number of para-hydroxylation sites is 1. The average Bonchev–Trinajstić information content (AvgIpc) is 3.71. The summed E-state index contributed by atoms with van der Waals surface area (Å²) in [6.45, 7) is 7.45. The van der Waals surface area contributed by atoms with Gasteiger partial charge in [0.1, 0.15) is 0 Å². The summed E-state index contributed by atoms with van der Waals surface area (Å²) >= 11 is 0. The van der Waals surface area contributed by atoms with Crippen LogP contribution < -0.4 is 4.90 Å². The van der Waals surface area contributed by atoms with E-state index in [0.717, 1.165) is 6.42 Å². The van der Waals surface area contributed by atoms with E-state index in [-0.39, 0.29) is 11.3 Å². The highest BCUT2D eigenvalue weighted by Crippen LogP contribution is 2.64. The molecule has 0 aromatic heterocycles. The SMILES string of the molecule is CC1(C)c2ccccc2C2C=CC(N(c3ccccc3)C3(C)C=CC=C4c5ccccc5-c5ccccc5-c5ccccc5CC5(c6ccccc6-c6ccccc65)[C@H]43)=CC21. The smallest absolute Gasteiger partial charge is 0.0688 e. The molecule has 0 amide bonds. The Hall–Kier alpha value is -6.70. The van der Waals surface area contributed by atoms with E-state index >= 15 is 0 Å². The van der Waals surface area contributed by atoms with Gasteiger partial charge < -0.3 is 4.90 Å². The molecule has 1 heteroatoms. The summed E-state index contributed by atoms with van der Waals surface area (Å²) in [4.78, 5) is 2.73. The maximum Gasteiger partial charge on any atom is 0.0688 e. The quantitative estimate of drug-likeness (QED) is 0.173. The van der Waals surface area contributed by atoms with Gasteiger partial charge in [0.05, 0.1) is 5.54 Å². The van der Waals surface area contributed by atoms with Crippen LogP contribution in [0.5, 0.6) is 0 Å². The number of allylic oxidation sites excluding steroid dienone is 5. The molecule has 0 radical (unpaired) electrons. The maximum atomic E-state index is 2.73. The normalized spacial score (nSPS) is 22.8. The van der Waals surface area contributed by atoms with Gasteiger partial charge in [-0.15, -0.1) is 0 Å². The third kappa shape index (κ3) is 5.07. The Labute approximate surface area is 360 Å². The van der Waals surface area contributed by atoms with Gasteiger partial charge in [-0.25, -0.2) is 0 Å². The monoisotopic (exact) mass is 783 g/mol. The largest absolute Gasteiger partial charge is 0.332 e. The number of hydrogen-bond donors (Lipinski definition) is 0. The zero-order valence-electron chi connectivity index (χ0n) is 35.1. The molecule has 5 aliphatic rings. The first-order valence-corrected chi connectivity index (χ1v) is 22.1. The third-order valence-electron chi connectivity index (χ3n) is 15.2. The second kappa shape index (κ2) is 13.4. The lowest BCUT2D eigenvalue weighted by Gasteiger charge is -2.56. The first-order chi connectivity index (χ1) is 29.9. The van der Waals surface area contributed by atoms with Gasteiger partial charge in [-0.1, -0.05) is 208 Å². The minimum Gasteiger partial charge on any atom is -0.332 e. The molecule has 12 rings (SSSR count). The number of hydrogen-bond acceptors (Lipinski definition) is 1. The van der Waals surface area contributed by atoms with Crippen LogP contribution in [0, 0.1) is 11.8 Å². The average molecular weight is 784 g/mol. The van der Waals surface area contributed by atoms with Crippen molar-refractivity contribution in [2.45, 2.75) is 49.5 Å². The van der Waals surface area contributed by atoms with Crippen molar-refractivity contribution >= 4 is 11.3 Å². The van der Waals surface area contributed by atoms with Crippen LogP contribution in [0.2, 0.25) is 0 Å². The van der Waals surface area contributed by atoms with Crippen LogP contribution >= 0.6 is 0 Å². The molecule has 0 N–H and O–H groups in total. The van der Waals surface area contributed by atoms with Crippen molar-refractivity contribution in [1.29, 1.82) is 0 Å². The molecule has 0 bridgehead atoms. The third-order valence-corrected chi connectivity index (χ3v) is 15.2. The molecule has 5 aliphatic carbocycles. The van der Waals surface area contributed by atoms with E-state index < -0.39 is 11.0 Å². The summed E-state index contributed by atoms with van der Waals surface area (Å²) in [6, 6.07) is 66.6. The molecule has 3 unspecified atom stereocenters. The first-order valence-electron chi connectivity index (χ1n) is 22.1. The summed E-state index contributed by atoms with van der Waals surface area (Å²) < 4.78 is 0. The van der Waals surface area contributed by atoms with Crippen molar-refractivity contribution in [1.82, 2.24) is 0 Å². The van der Waals surface area contributed by atoms with Crippen molar-refractivity contribution in [2.75, 3.05) is 4.90 Å². The molecule has 1 nitrogen and oxygen atoms in total. The van der Waals surface area contributed by atoms with Gasteiger partial charge in [-0.05, 0) is 115 Å². The Kier molecular flexibility index (Phi) is 7.95. The predicted octanol–water partition coefficient (Wildman–Crippen LogP) is 14.5. The van der Waals surface area contributed by atoms with Crippen LogP contribution in [-0.2, 0) is 17.3 Å². The molecule has 0 aliphatic heterocycles. The molecular weight excluding hydrogens is 735 g/mol. The standard InChI is InChI=1S/C60H49N/c1-58(2)53-32-16-13-28-48(53)51-36-35-42(38-56(51)58)61(41-21-5-4-6-22-41)59(3)37-19-31-52-47-27-12-11-26-46(47)45-25-10-9-24-44(45)43-23-8-7-20-40(43)39-60(57(52)59)54-33-17-14-29-49(54)50-30-15-18-34-55(50)60/h4-38,51,56-57H,39H2,1-3H3/t51?,56?,57-,59?/m1/s1. The van der Waals surface area contributed by atoms with E-state index in [0.29, 0.717) is 11.8 Å². The van der Waals surface area contributed by atoms with E-state index in [1.807, 2.05) is 0 Å². The molecule has 0 saturated heterocycles. The lowest BCUT2D eigenvalue weighted by Crippen LogP contribution is -2.59. The molecule has 7 aromatic rings. The van der Waals surface area contributed by atoms with Crippen molar-refractivity contribution in [3.8, 4) is 33.4 Å². The molecule has 4 atom stereocenters. The van der Waals surface area contributed by atoms with Gasteiger partial charge in [-0.3, -0.25) is 0 Å². The van der Waals surface area contributed by atoms with E-state index in [1.165, 1.54) is 83.7 Å². The highest BCUT2D eigenvalue weighted by Gasteiger charge is 2.59. The number of nitrogens with zero attached hydrogens (tertiary/aromatic N) is 1. The van der Waals surface area contributed by atoms with Crippen molar-refractivity contribution in [2.24, 2.45) is 11.8 Å². The Morgan fingerprint density at radius 1 is 0.508 bits per heavy atom. The molecule has 1 spiro atoms. The number of anilines is 1. The van der Waals surface area contributed by atoms with Gasteiger partial charge in [0.15, 0.2) is 0 Å². The molecule has 294 valence electrons. The van der Waals surface area contributed by atoms with E-state index in [4.69, 9.17) is 0 Å². The molecule has 61 heavy (non-hydrogen) atoms. The predicted molar refractivity (Wildman–Crippen MR) is 255 cm³/mol. The fourth-order valence-electron chi connectivity index (χ4n) is 12.8. The topological polar surface area (TPSA) is 3.24 Å². The van der Waals surface area contributed by atoms with Gasteiger partial charge in [-0.2, -0.15) is 0 Å². The lowest BCUT2D eigenvalue weighted by atomic mass is 9.53. The summed E-state index contributed by atoms with van der Waals surface area (Å²) in [5.74, 6) is 0.613. The Morgan fingerprint density at radius 2 is 1.03 bits per heavy atom. The fourth-order valence-corrected chi connectivity index (χ4v) is 12.8. The fraction of sp³-hybridized carbons (Fsp3) is 0.167. The Bertz CT molecular complexity index is 2980. The first kappa shape index (κ1) is 36.2. The minimum absolute atomic E-state index is 0.0228. The van der Waals surface area contributed by atoms with Gasteiger partial charge in [0.2, 0.25) is 0 Å². The minimum atomic E-state index is -0.560. The molecular formula is C60H49N. The van der Waals surface area contributed by atoms with Gasteiger partial charge in [0, 0.05) is 28.6 Å². The van der Waals surface area contributed by atoms with Crippen molar-refractivity contribution in [3.05, 3.63) is 251 Å². The molecule has 7 aromatic carbocycles. The summed E-state index contributed by atoms with van der Waals surface area (Å²) in [5.41, 5.74) is 19.0. The van der Waals surface area contributed by atoms with Crippen LogP contribution in [0.25, 0.3) is 39.0 Å². The zero-order valence-corrected chi connectivity index (χ0v) is 35.1. The Balaban J connectivity index is 1.19. The summed E-state index contributed by atoms with van der Waals surface area (Å²) in [6.07, 6.45) is 15.8. The summed E-state index contributed by atoms with van der Waals surface area (Å²) in [7, 11) is 0. The molecule has 0 fully saturated rings. The second-order valence-electron chi connectivity index (χ2n) is 18.6. The van der Waals surface area contributed by atoms with Crippen LogP contribution in [-0.4, -0.2) is 5.54 Å². The lowest BCUT2D eigenvalue weighted by molar-refractivity contribution is 0.287. The second-order valence-corrected chi connectivity index (χ2v) is 18.6. The summed E-state index contributed by atoms with van der Waals surface area (Å²) in [5, 5.41) is 0. The van der Waals surface area contributed by atoms with Crippen LogP contribution in [0.1, 0.15) is 60.1 Å². The van der Waals surface area contributed by atoms with Crippen LogP contribution in [0.3, 0.4) is 0 Å². The number of benzene rings is 7. The van der Waals surface area contributed by atoms with Crippen LogP contribution in [0.4, 0.5) is 5.69 Å². The van der Waals surface area contributed by atoms with Crippen LogP contribution in [0.15, 0.2) is 218 Å². The van der Waals surface area contributed by atoms with E-state index in [2.05, 4.69) is 238 Å². The highest BCUT2D eigenvalue weighted by molar-refractivity contribution is 5.95. The van der Waals surface area contributed by atoms with Crippen molar-refractivity contribution < 1.29 is 0 Å². The van der Waals surface area contributed by atoms with Gasteiger partial charge >= 0.3 is 0 Å². The zero-order chi connectivity index (χ0) is 40.9. The number of fused-ring (bicyclic) bond motifs is 16. The molecule has 0 saturated carbocycles. The maximum absolute atomic E-state index is 2.73.